The third-order valence-electron chi connectivity index (χ3n) is 4.95. The van der Waals surface area contributed by atoms with Crippen LogP contribution >= 0.6 is 0 Å². The van der Waals surface area contributed by atoms with Gasteiger partial charge in [-0.25, -0.2) is 4.98 Å². The first-order valence-corrected chi connectivity index (χ1v) is 9.14. The third kappa shape index (κ3) is 4.31. The highest BCUT2D eigenvalue weighted by atomic mass is 16.2. The number of piperidine rings is 1. The van der Waals surface area contributed by atoms with Crippen LogP contribution in [0.1, 0.15) is 34.6 Å². The first-order valence-electron chi connectivity index (χ1n) is 9.14. The lowest BCUT2D eigenvalue weighted by Crippen LogP contribution is -2.45. The summed E-state index contributed by atoms with van der Waals surface area (Å²) in [5.74, 6) is 0.848. The average Bonchev–Trinajstić information content (AvgIpc) is 3.07. The number of aryl methyl sites for hydroxylation is 2. The van der Waals surface area contributed by atoms with E-state index in [4.69, 9.17) is 0 Å². The van der Waals surface area contributed by atoms with Crippen molar-refractivity contribution < 1.29 is 9.59 Å². The van der Waals surface area contributed by atoms with Crippen molar-refractivity contribution in [2.75, 3.05) is 19.6 Å². The molecule has 1 atom stereocenters. The predicted octanol–water partition coefficient (Wildman–Crippen LogP) is 1.94. The van der Waals surface area contributed by atoms with Crippen LogP contribution < -0.4 is 5.32 Å². The van der Waals surface area contributed by atoms with Crippen molar-refractivity contribution in [2.45, 2.75) is 26.2 Å². The second-order valence-corrected chi connectivity index (χ2v) is 6.95. The first-order chi connectivity index (χ1) is 12.5. The Labute approximate surface area is 154 Å². The molecule has 1 aliphatic rings. The van der Waals surface area contributed by atoms with Crippen LogP contribution in [0.5, 0.6) is 0 Å². The minimum Gasteiger partial charge on any atom is -0.355 e. The third-order valence-corrected chi connectivity index (χ3v) is 4.95. The Kier molecular flexibility index (Phi) is 5.71. The molecule has 138 valence electrons. The molecule has 1 aromatic carbocycles. The highest BCUT2D eigenvalue weighted by molar-refractivity contribution is 5.94. The second kappa shape index (κ2) is 8.17. The van der Waals surface area contributed by atoms with Gasteiger partial charge in [-0.1, -0.05) is 17.7 Å². The molecule has 0 radical (unpaired) electrons. The van der Waals surface area contributed by atoms with Gasteiger partial charge < -0.3 is 14.8 Å². The summed E-state index contributed by atoms with van der Waals surface area (Å²) in [6, 6.07) is 7.60. The largest absolute Gasteiger partial charge is 0.355 e. The number of hydrogen-bond acceptors (Lipinski definition) is 3. The Morgan fingerprint density at radius 1 is 1.27 bits per heavy atom. The number of carbonyl (C=O) groups excluding carboxylic acids is 2. The van der Waals surface area contributed by atoms with Gasteiger partial charge in [0, 0.05) is 51.1 Å². The van der Waals surface area contributed by atoms with Gasteiger partial charge in [-0.15, -0.1) is 0 Å². The SMILES string of the molecule is Cc1ccc(C(=O)N2CCCC(C(=O)NCCc3nccn3C)C2)cc1. The van der Waals surface area contributed by atoms with Gasteiger partial charge in [0.1, 0.15) is 5.82 Å². The fourth-order valence-electron chi connectivity index (χ4n) is 3.33. The minimum atomic E-state index is -0.139. The summed E-state index contributed by atoms with van der Waals surface area (Å²) in [4.78, 5) is 31.2. The normalized spacial score (nSPS) is 17.2. The summed E-state index contributed by atoms with van der Waals surface area (Å²) in [6.45, 7) is 3.76. The van der Waals surface area contributed by atoms with Crippen molar-refractivity contribution in [3.8, 4) is 0 Å². The van der Waals surface area contributed by atoms with Crippen LogP contribution in [-0.2, 0) is 18.3 Å². The molecule has 1 aromatic heterocycles. The zero-order valence-corrected chi connectivity index (χ0v) is 15.4. The summed E-state index contributed by atoms with van der Waals surface area (Å²) >= 11 is 0. The van der Waals surface area contributed by atoms with Crippen LogP contribution in [-0.4, -0.2) is 45.9 Å². The zero-order valence-electron chi connectivity index (χ0n) is 15.4. The van der Waals surface area contributed by atoms with Gasteiger partial charge in [-0.05, 0) is 31.9 Å². The highest BCUT2D eigenvalue weighted by Gasteiger charge is 2.28. The second-order valence-electron chi connectivity index (χ2n) is 6.95. The van der Waals surface area contributed by atoms with Crippen molar-refractivity contribution in [3.63, 3.8) is 0 Å². The number of nitrogens with zero attached hydrogens (tertiary/aromatic N) is 3. The summed E-state index contributed by atoms with van der Waals surface area (Å²) in [6.07, 6.45) is 6.04. The standard InChI is InChI=1S/C20H26N4O2/c1-15-5-7-16(8-6-15)20(26)24-12-3-4-17(14-24)19(25)22-10-9-18-21-11-13-23(18)2/h5-8,11,13,17H,3-4,9-10,12,14H2,1-2H3,(H,22,25). The van der Waals surface area contributed by atoms with Crippen molar-refractivity contribution in [2.24, 2.45) is 13.0 Å². The molecule has 1 unspecified atom stereocenters. The number of benzene rings is 1. The number of imidazole rings is 1. The fourth-order valence-corrected chi connectivity index (χ4v) is 3.33. The number of hydrogen-bond donors (Lipinski definition) is 1. The number of rotatable bonds is 5. The molecule has 26 heavy (non-hydrogen) atoms. The molecule has 0 bridgehead atoms. The van der Waals surface area contributed by atoms with E-state index in [0.29, 0.717) is 31.6 Å². The lowest BCUT2D eigenvalue weighted by Gasteiger charge is -2.32. The van der Waals surface area contributed by atoms with Crippen molar-refractivity contribution in [1.82, 2.24) is 19.8 Å². The molecule has 1 fully saturated rings. The average molecular weight is 354 g/mol. The monoisotopic (exact) mass is 354 g/mol. The lowest BCUT2D eigenvalue weighted by atomic mass is 9.96. The quantitative estimate of drug-likeness (QED) is 0.892. The van der Waals surface area contributed by atoms with Gasteiger partial charge in [0.15, 0.2) is 0 Å². The Morgan fingerprint density at radius 3 is 2.73 bits per heavy atom. The van der Waals surface area contributed by atoms with Crippen LogP contribution in [0.4, 0.5) is 0 Å². The molecule has 3 rings (SSSR count). The maximum atomic E-state index is 12.7. The molecule has 1 aliphatic heterocycles. The van der Waals surface area contributed by atoms with Crippen LogP contribution in [0.25, 0.3) is 0 Å². The molecular formula is C20H26N4O2. The number of likely N-dealkylation sites (tertiary alicyclic amines) is 1. The zero-order chi connectivity index (χ0) is 18.5. The Balaban J connectivity index is 1.52. The van der Waals surface area contributed by atoms with Crippen molar-refractivity contribution >= 4 is 11.8 Å². The Hall–Kier alpha value is -2.63. The molecule has 0 saturated carbocycles. The van der Waals surface area contributed by atoms with Gasteiger partial charge in [0.25, 0.3) is 5.91 Å². The van der Waals surface area contributed by atoms with E-state index < -0.39 is 0 Å². The van der Waals surface area contributed by atoms with Gasteiger partial charge in [-0.2, -0.15) is 0 Å². The Bertz CT molecular complexity index is 766. The van der Waals surface area contributed by atoms with Crippen LogP contribution in [0, 0.1) is 12.8 Å². The molecule has 0 spiro atoms. The first kappa shape index (κ1) is 18.2. The van der Waals surface area contributed by atoms with E-state index >= 15 is 0 Å². The number of carbonyl (C=O) groups is 2. The molecule has 0 aliphatic carbocycles. The van der Waals surface area contributed by atoms with Gasteiger partial charge in [-0.3, -0.25) is 9.59 Å². The summed E-state index contributed by atoms with van der Waals surface area (Å²) < 4.78 is 1.95. The molecule has 1 saturated heterocycles. The summed E-state index contributed by atoms with van der Waals surface area (Å²) in [5.41, 5.74) is 1.82. The van der Waals surface area contributed by atoms with Gasteiger partial charge >= 0.3 is 0 Å². The maximum absolute atomic E-state index is 12.7. The van der Waals surface area contributed by atoms with E-state index in [1.165, 1.54) is 0 Å². The Morgan fingerprint density at radius 2 is 2.04 bits per heavy atom. The molecule has 6 heteroatoms. The van der Waals surface area contributed by atoms with E-state index in [0.717, 1.165) is 24.2 Å². The van der Waals surface area contributed by atoms with E-state index in [2.05, 4.69) is 10.3 Å². The summed E-state index contributed by atoms with van der Waals surface area (Å²) in [5, 5.41) is 2.99. The molecule has 6 nitrogen and oxygen atoms in total. The number of amides is 2. The molecule has 2 heterocycles. The van der Waals surface area contributed by atoms with Crippen molar-refractivity contribution in [3.05, 3.63) is 53.6 Å². The maximum Gasteiger partial charge on any atom is 0.253 e. The molecular weight excluding hydrogens is 328 g/mol. The molecule has 2 amide bonds. The lowest BCUT2D eigenvalue weighted by molar-refractivity contribution is -0.126. The van der Waals surface area contributed by atoms with Crippen LogP contribution in [0.3, 0.4) is 0 Å². The number of aromatic nitrogens is 2. The van der Waals surface area contributed by atoms with E-state index in [9.17, 15) is 9.59 Å². The van der Waals surface area contributed by atoms with Gasteiger partial charge in [0.2, 0.25) is 5.91 Å². The smallest absolute Gasteiger partial charge is 0.253 e. The summed E-state index contributed by atoms with van der Waals surface area (Å²) in [7, 11) is 1.94. The minimum absolute atomic E-state index is 0.00973. The van der Waals surface area contributed by atoms with E-state index in [1.54, 1.807) is 11.1 Å². The van der Waals surface area contributed by atoms with E-state index in [-0.39, 0.29) is 17.7 Å². The van der Waals surface area contributed by atoms with Gasteiger partial charge in [0.05, 0.1) is 5.92 Å². The van der Waals surface area contributed by atoms with Crippen LogP contribution in [0.15, 0.2) is 36.7 Å². The van der Waals surface area contributed by atoms with Crippen molar-refractivity contribution in [1.29, 1.82) is 0 Å². The number of nitrogens with one attached hydrogen (secondary N) is 1. The highest BCUT2D eigenvalue weighted by Crippen LogP contribution is 2.19. The topological polar surface area (TPSA) is 67.2 Å². The molecule has 2 aromatic rings. The fraction of sp³-hybridized carbons (Fsp3) is 0.450. The van der Waals surface area contributed by atoms with Crippen LogP contribution in [0.2, 0.25) is 0 Å². The van der Waals surface area contributed by atoms with E-state index in [1.807, 2.05) is 49.0 Å². The molecule has 1 N–H and O–H groups in total. The predicted molar refractivity (Wildman–Crippen MR) is 99.7 cm³/mol.